The van der Waals surface area contributed by atoms with E-state index in [9.17, 15) is 0 Å². The lowest BCUT2D eigenvalue weighted by atomic mass is 9.64. The van der Waals surface area contributed by atoms with Crippen LogP contribution in [0.1, 0.15) is 49.3 Å². The second-order valence-corrected chi connectivity index (χ2v) is 8.28. The van der Waals surface area contributed by atoms with Crippen molar-refractivity contribution >= 4 is 10.8 Å². The van der Waals surface area contributed by atoms with Crippen LogP contribution < -0.4 is 0 Å². The number of fused-ring (bicyclic) bond motifs is 5. The molecule has 0 heterocycles. The number of hydrogen-bond acceptors (Lipinski definition) is 0. The highest BCUT2D eigenvalue weighted by molar-refractivity contribution is 5.85. The molecule has 0 aromatic heterocycles. The number of aryl methyl sites for hydroxylation is 2. The molecule has 0 saturated heterocycles. The molecule has 3 aliphatic carbocycles. The predicted molar refractivity (Wildman–Crippen MR) is 97.8 cm³/mol. The van der Waals surface area contributed by atoms with Gasteiger partial charge in [-0.25, -0.2) is 0 Å². The van der Waals surface area contributed by atoms with Gasteiger partial charge in [0.05, 0.1) is 0 Å². The highest BCUT2D eigenvalue weighted by atomic mass is 14.5. The first-order chi connectivity index (χ1) is 11.3. The molecule has 1 spiro atoms. The standard InChI is InChI=1S/C23H26/c1-2-3-16-4-6-18-12-19-8-9-23(14-17-5-7-22(23)11-17)15-21(19)13-20(18)10-16/h4-7,10,12-13,17,22H,2-3,8-9,11,14-15H2,1H3. The Morgan fingerprint density at radius 2 is 1.96 bits per heavy atom. The first kappa shape index (κ1) is 13.8. The Balaban J connectivity index is 1.55. The number of hydrogen-bond donors (Lipinski definition) is 0. The van der Waals surface area contributed by atoms with Crippen LogP contribution in [0.4, 0.5) is 0 Å². The zero-order valence-corrected chi connectivity index (χ0v) is 14.1. The van der Waals surface area contributed by atoms with Crippen LogP contribution in [-0.2, 0) is 19.3 Å². The van der Waals surface area contributed by atoms with Gasteiger partial charge in [0.25, 0.3) is 0 Å². The Kier molecular flexibility index (Phi) is 2.99. The molecule has 3 unspecified atom stereocenters. The van der Waals surface area contributed by atoms with Crippen LogP contribution in [0.15, 0.2) is 42.5 Å². The summed E-state index contributed by atoms with van der Waals surface area (Å²) in [6, 6.07) is 12.1. The van der Waals surface area contributed by atoms with E-state index in [-0.39, 0.29) is 0 Å². The molecule has 0 heteroatoms. The highest BCUT2D eigenvalue weighted by Crippen LogP contribution is 2.57. The molecule has 3 atom stereocenters. The second-order valence-electron chi connectivity index (χ2n) is 8.28. The Morgan fingerprint density at radius 3 is 2.74 bits per heavy atom. The topological polar surface area (TPSA) is 0 Å². The van der Waals surface area contributed by atoms with Crippen LogP contribution in [0.3, 0.4) is 0 Å². The third-order valence-electron chi connectivity index (χ3n) is 6.82. The van der Waals surface area contributed by atoms with E-state index in [1.165, 1.54) is 61.3 Å². The fraction of sp³-hybridized carbons (Fsp3) is 0.478. The highest BCUT2D eigenvalue weighted by Gasteiger charge is 2.49. The molecule has 118 valence electrons. The molecule has 1 fully saturated rings. The fourth-order valence-electron chi connectivity index (χ4n) is 5.68. The van der Waals surface area contributed by atoms with Crippen LogP contribution in [0.2, 0.25) is 0 Å². The third kappa shape index (κ3) is 2.11. The van der Waals surface area contributed by atoms with Crippen molar-refractivity contribution in [2.75, 3.05) is 0 Å². The van der Waals surface area contributed by atoms with Gasteiger partial charge in [0.2, 0.25) is 0 Å². The molecule has 2 aromatic carbocycles. The molecule has 0 nitrogen and oxygen atoms in total. The maximum atomic E-state index is 2.54. The average Bonchev–Trinajstić information content (AvgIpc) is 3.14. The number of allylic oxidation sites excluding steroid dienone is 2. The van der Waals surface area contributed by atoms with Gasteiger partial charge in [0.15, 0.2) is 0 Å². The van der Waals surface area contributed by atoms with Crippen molar-refractivity contribution in [1.82, 2.24) is 0 Å². The first-order valence-corrected chi connectivity index (χ1v) is 9.48. The SMILES string of the molecule is CCCc1ccc2cc3c(cc2c1)CC1(CC3)CC2C=CC1C2. The maximum Gasteiger partial charge on any atom is -0.0168 e. The summed E-state index contributed by atoms with van der Waals surface area (Å²) >= 11 is 0. The third-order valence-corrected chi connectivity index (χ3v) is 6.82. The van der Waals surface area contributed by atoms with Crippen LogP contribution in [0, 0.1) is 17.3 Å². The van der Waals surface area contributed by atoms with Gasteiger partial charge in [-0.15, -0.1) is 0 Å². The van der Waals surface area contributed by atoms with Gasteiger partial charge in [-0.1, -0.05) is 55.8 Å². The van der Waals surface area contributed by atoms with E-state index in [1.807, 2.05) is 0 Å². The zero-order chi connectivity index (χ0) is 15.4. The summed E-state index contributed by atoms with van der Waals surface area (Å²) in [6.07, 6.45) is 14.4. The molecular weight excluding hydrogens is 276 g/mol. The van der Waals surface area contributed by atoms with E-state index in [2.05, 4.69) is 49.4 Å². The first-order valence-electron chi connectivity index (χ1n) is 9.48. The molecule has 0 radical (unpaired) electrons. The molecule has 0 N–H and O–H groups in total. The lowest BCUT2D eigenvalue weighted by molar-refractivity contribution is 0.195. The molecule has 2 aromatic rings. The predicted octanol–water partition coefficient (Wildman–Crippen LogP) is 5.86. The molecule has 5 rings (SSSR count). The molecular formula is C23H26. The molecule has 0 aliphatic heterocycles. The van der Waals surface area contributed by atoms with E-state index < -0.39 is 0 Å². The molecule has 23 heavy (non-hydrogen) atoms. The van der Waals surface area contributed by atoms with Crippen molar-refractivity contribution in [3.63, 3.8) is 0 Å². The Hall–Kier alpha value is -1.56. The van der Waals surface area contributed by atoms with E-state index in [1.54, 1.807) is 11.1 Å². The smallest absolute Gasteiger partial charge is 0.0168 e. The van der Waals surface area contributed by atoms with E-state index >= 15 is 0 Å². The van der Waals surface area contributed by atoms with Gasteiger partial charge in [-0.2, -0.15) is 0 Å². The van der Waals surface area contributed by atoms with Gasteiger partial charge >= 0.3 is 0 Å². The molecule has 0 amide bonds. The summed E-state index contributed by atoms with van der Waals surface area (Å²) in [5.41, 5.74) is 5.37. The lowest BCUT2D eigenvalue weighted by Gasteiger charge is -2.40. The summed E-state index contributed by atoms with van der Waals surface area (Å²) in [6.45, 7) is 2.27. The van der Waals surface area contributed by atoms with E-state index in [0.717, 1.165) is 11.8 Å². The Morgan fingerprint density at radius 1 is 1.04 bits per heavy atom. The van der Waals surface area contributed by atoms with Crippen LogP contribution in [0.5, 0.6) is 0 Å². The normalized spacial score (nSPS) is 31.2. The summed E-state index contributed by atoms with van der Waals surface area (Å²) < 4.78 is 0. The van der Waals surface area contributed by atoms with Crippen molar-refractivity contribution < 1.29 is 0 Å². The van der Waals surface area contributed by atoms with Crippen molar-refractivity contribution in [3.05, 3.63) is 59.2 Å². The van der Waals surface area contributed by atoms with E-state index in [0.29, 0.717) is 5.41 Å². The van der Waals surface area contributed by atoms with Crippen molar-refractivity contribution in [1.29, 1.82) is 0 Å². The minimum absolute atomic E-state index is 0.598. The lowest BCUT2D eigenvalue weighted by Crippen LogP contribution is -2.32. The zero-order valence-electron chi connectivity index (χ0n) is 14.1. The minimum Gasteiger partial charge on any atom is -0.0851 e. The van der Waals surface area contributed by atoms with Crippen molar-refractivity contribution in [2.24, 2.45) is 17.3 Å². The van der Waals surface area contributed by atoms with Gasteiger partial charge in [-0.05, 0) is 83.2 Å². The van der Waals surface area contributed by atoms with Crippen LogP contribution in [0.25, 0.3) is 10.8 Å². The summed E-state index contributed by atoms with van der Waals surface area (Å²) in [5.74, 6) is 1.75. The largest absolute Gasteiger partial charge is 0.0851 e. The second kappa shape index (κ2) is 4.97. The van der Waals surface area contributed by atoms with Crippen LogP contribution in [-0.4, -0.2) is 0 Å². The number of benzene rings is 2. The minimum atomic E-state index is 0.598. The van der Waals surface area contributed by atoms with Crippen LogP contribution >= 0.6 is 0 Å². The van der Waals surface area contributed by atoms with Gasteiger partial charge in [0.1, 0.15) is 0 Å². The van der Waals surface area contributed by atoms with Gasteiger partial charge in [0, 0.05) is 0 Å². The fourth-order valence-corrected chi connectivity index (χ4v) is 5.68. The molecule has 3 aliphatic rings. The molecule has 2 bridgehead atoms. The summed E-state index contributed by atoms with van der Waals surface area (Å²) in [4.78, 5) is 0. The van der Waals surface area contributed by atoms with Gasteiger partial charge in [-0.3, -0.25) is 0 Å². The average molecular weight is 302 g/mol. The molecule has 1 saturated carbocycles. The summed E-state index contributed by atoms with van der Waals surface area (Å²) in [7, 11) is 0. The monoisotopic (exact) mass is 302 g/mol. The van der Waals surface area contributed by atoms with Gasteiger partial charge < -0.3 is 0 Å². The van der Waals surface area contributed by atoms with E-state index in [4.69, 9.17) is 0 Å². The quantitative estimate of drug-likeness (QED) is 0.609. The number of rotatable bonds is 2. The van der Waals surface area contributed by atoms with Crippen molar-refractivity contribution in [3.8, 4) is 0 Å². The Bertz CT molecular complexity index is 797. The summed E-state index contributed by atoms with van der Waals surface area (Å²) in [5, 5.41) is 2.90. The maximum absolute atomic E-state index is 2.54. The Labute approximate surface area is 139 Å². The van der Waals surface area contributed by atoms with Crippen molar-refractivity contribution in [2.45, 2.75) is 51.9 Å².